The number of halogens is 3. The molecule has 0 radical (unpaired) electrons. The molecule has 0 fully saturated rings. The van der Waals surface area contributed by atoms with Crippen molar-refractivity contribution in [2.75, 3.05) is 0 Å². The fraction of sp³-hybridized carbons (Fsp3) is 0. The van der Waals surface area contributed by atoms with E-state index in [1.54, 1.807) is 18.2 Å². The van der Waals surface area contributed by atoms with Gasteiger partial charge in [0.25, 0.3) is 0 Å². The van der Waals surface area contributed by atoms with E-state index >= 15 is 0 Å². The van der Waals surface area contributed by atoms with Crippen LogP contribution in [0.25, 0.3) is 0 Å². The Kier molecular flexibility index (Phi) is 9.38. The van der Waals surface area contributed by atoms with Crippen molar-refractivity contribution in [3.63, 3.8) is 0 Å². The first-order chi connectivity index (χ1) is 3.80. The van der Waals surface area contributed by atoms with E-state index in [1.807, 2.05) is 0 Å². The van der Waals surface area contributed by atoms with Gasteiger partial charge in [-0.3, -0.25) is 0 Å². The Balaban J connectivity index is 0. The molecule has 0 aliphatic rings. The van der Waals surface area contributed by atoms with Gasteiger partial charge < -0.3 is 24.0 Å². The molecular weight excluding hydrogens is 335 g/mol. The SMILES string of the molecule is Clc1c[c-]ccc1Cl.[I-].[Zn+2]. The molecule has 0 atom stereocenters. The minimum atomic E-state index is 0. The van der Waals surface area contributed by atoms with Crippen LogP contribution in [0.1, 0.15) is 0 Å². The molecule has 0 bridgehead atoms. The molecule has 0 N–H and O–H groups in total. The Morgan fingerprint density at radius 3 is 2.10 bits per heavy atom. The minimum absolute atomic E-state index is 0. The average molecular weight is 338 g/mol. The first kappa shape index (κ1) is 13.7. The molecule has 0 saturated heterocycles. The summed E-state index contributed by atoms with van der Waals surface area (Å²) in [6.45, 7) is 0. The zero-order valence-corrected chi connectivity index (χ0v) is 11.7. The molecule has 1 rings (SSSR count). The van der Waals surface area contributed by atoms with Crippen molar-refractivity contribution in [3.8, 4) is 0 Å². The monoisotopic (exact) mass is 336 g/mol. The Hall–Kier alpha value is 1.15. The van der Waals surface area contributed by atoms with E-state index in [0.717, 1.165) is 0 Å². The molecule has 0 aromatic heterocycles. The Bertz CT molecular complexity index is 172. The molecule has 10 heavy (non-hydrogen) atoms. The van der Waals surface area contributed by atoms with Gasteiger partial charge in [-0.1, -0.05) is 10.0 Å². The van der Waals surface area contributed by atoms with Gasteiger partial charge in [-0.2, -0.15) is 35.9 Å². The number of rotatable bonds is 0. The summed E-state index contributed by atoms with van der Waals surface area (Å²) in [6.07, 6.45) is 0. The van der Waals surface area contributed by atoms with Crippen molar-refractivity contribution in [3.05, 3.63) is 34.3 Å². The topological polar surface area (TPSA) is 0 Å². The van der Waals surface area contributed by atoms with Crippen LogP contribution >= 0.6 is 23.2 Å². The van der Waals surface area contributed by atoms with Crippen LogP contribution in [-0.2, 0) is 19.5 Å². The van der Waals surface area contributed by atoms with Crippen LogP contribution in [0.4, 0.5) is 0 Å². The van der Waals surface area contributed by atoms with E-state index in [-0.39, 0.29) is 43.5 Å². The molecule has 0 unspecified atom stereocenters. The third-order valence-corrected chi connectivity index (χ3v) is 1.50. The van der Waals surface area contributed by atoms with Crippen LogP contribution in [0.3, 0.4) is 0 Å². The standard InChI is InChI=1S/C6H3Cl2.HI.Zn/c7-5-3-1-2-4-6(5)8;;/h1,3-4H;1H;/q-1;;+2/p-1. The predicted molar refractivity (Wildman–Crippen MR) is 35.3 cm³/mol. The molecule has 1 aromatic rings. The quantitative estimate of drug-likeness (QED) is 0.349. The van der Waals surface area contributed by atoms with E-state index in [4.69, 9.17) is 23.2 Å². The fourth-order valence-electron chi connectivity index (χ4n) is 0.391. The van der Waals surface area contributed by atoms with E-state index in [1.165, 1.54) is 0 Å². The van der Waals surface area contributed by atoms with E-state index in [2.05, 4.69) is 6.07 Å². The van der Waals surface area contributed by atoms with Gasteiger partial charge in [0, 0.05) is 0 Å². The minimum Gasteiger partial charge on any atom is -1.00 e. The molecule has 0 aliphatic carbocycles. The molecule has 0 aliphatic heterocycles. The Morgan fingerprint density at radius 1 is 1.20 bits per heavy atom. The zero-order valence-electron chi connectivity index (χ0n) is 5.07. The van der Waals surface area contributed by atoms with Crippen molar-refractivity contribution >= 4 is 23.2 Å². The van der Waals surface area contributed by atoms with Gasteiger partial charge >= 0.3 is 19.5 Å². The molecule has 4 heteroatoms. The third-order valence-electron chi connectivity index (χ3n) is 0.764. The van der Waals surface area contributed by atoms with Gasteiger partial charge in [0.05, 0.1) is 0 Å². The van der Waals surface area contributed by atoms with E-state index in [0.29, 0.717) is 10.0 Å². The summed E-state index contributed by atoms with van der Waals surface area (Å²) in [7, 11) is 0. The van der Waals surface area contributed by atoms with Crippen molar-refractivity contribution < 1.29 is 43.5 Å². The predicted octanol–water partition coefficient (Wildman–Crippen LogP) is -0.205. The smallest absolute Gasteiger partial charge is 1.00 e. The van der Waals surface area contributed by atoms with Crippen LogP contribution in [0, 0.1) is 6.07 Å². The summed E-state index contributed by atoms with van der Waals surface area (Å²) in [5, 5.41) is 1.12. The third kappa shape index (κ3) is 4.12. The molecule has 0 spiro atoms. The molecule has 0 amide bonds. The first-order valence-electron chi connectivity index (χ1n) is 2.12. The van der Waals surface area contributed by atoms with E-state index in [9.17, 15) is 0 Å². The second-order valence-electron chi connectivity index (χ2n) is 1.34. The normalized spacial score (nSPS) is 7.40. The second kappa shape index (κ2) is 6.84. The molecule has 1 aromatic carbocycles. The average Bonchev–Trinajstić information content (AvgIpc) is 1.77. The van der Waals surface area contributed by atoms with Crippen molar-refractivity contribution in [1.82, 2.24) is 0 Å². The van der Waals surface area contributed by atoms with Crippen LogP contribution in [0.15, 0.2) is 18.2 Å². The van der Waals surface area contributed by atoms with Crippen LogP contribution in [0.5, 0.6) is 0 Å². The Morgan fingerprint density at radius 2 is 1.80 bits per heavy atom. The zero-order chi connectivity index (χ0) is 5.98. The number of hydrogen-bond donors (Lipinski definition) is 0. The molecule has 0 nitrogen and oxygen atoms in total. The van der Waals surface area contributed by atoms with Gasteiger partial charge in [-0.15, -0.1) is 11.6 Å². The van der Waals surface area contributed by atoms with Gasteiger partial charge in [0.1, 0.15) is 0 Å². The van der Waals surface area contributed by atoms with Gasteiger partial charge in [0.15, 0.2) is 0 Å². The maximum Gasteiger partial charge on any atom is 2.00 e. The Labute approximate surface area is 100 Å². The molecule has 0 heterocycles. The molecular formula is C6H3Cl2IZn. The van der Waals surface area contributed by atoms with Crippen LogP contribution in [-0.4, -0.2) is 0 Å². The van der Waals surface area contributed by atoms with Crippen molar-refractivity contribution in [2.24, 2.45) is 0 Å². The maximum absolute atomic E-state index is 5.56. The molecule has 0 saturated carbocycles. The van der Waals surface area contributed by atoms with Crippen molar-refractivity contribution in [2.45, 2.75) is 0 Å². The summed E-state index contributed by atoms with van der Waals surface area (Å²) in [5.41, 5.74) is 0. The molecule has 50 valence electrons. The van der Waals surface area contributed by atoms with Crippen LogP contribution in [0.2, 0.25) is 10.0 Å². The largest absolute Gasteiger partial charge is 2.00 e. The summed E-state index contributed by atoms with van der Waals surface area (Å²) in [5.74, 6) is 0. The van der Waals surface area contributed by atoms with Gasteiger partial charge in [-0.25, -0.2) is 0 Å². The van der Waals surface area contributed by atoms with Crippen molar-refractivity contribution in [1.29, 1.82) is 0 Å². The second-order valence-corrected chi connectivity index (χ2v) is 2.15. The fourth-order valence-corrected chi connectivity index (χ4v) is 0.635. The summed E-state index contributed by atoms with van der Waals surface area (Å²) < 4.78 is 0. The number of hydrogen-bond acceptors (Lipinski definition) is 0. The maximum atomic E-state index is 5.56. The van der Waals surface area contributed by atoms with E-state index < -0.39 is 0 Å². The number of benzene rings is 1. The summed E-state index contributed by atoms with van der Waals surface area (Å²) in [4.78, 5) is 0. The van der Waals surface area contributed by atoms with Crippen LogP contribution < -0.4 is 24.0 Å². The van der Waals surface area contributed by atoms with Gasteiger partial charge in [0.2, 0.25) is 0 Å². The van der Waals surface area contributed by atoms with Gasteiger partial charge in [-0.05, 0) is 0 Å². The summed E-state index contributed by atoms with van der Waals surface area (Å²) >= 11 is 11.1. The first-order valence-corrected chi connectivity index (χ1v) is 2.87. The summed E-state index contributed by atoms with van der Waals surface area (Å²) in [6, 6.07) is 7.83.